The summed E-state index contributed by atoms with van der Waals surface area (Å²) in [4.78, 5) is 64.3. The highest BCUT2D eigenvalue weighted by molar-refractivity contribution is 5.95. The largest absolute Gasteiger partial charge is 0.480 e. The summed E-state index contributed by atoms with van der Waals surface area (Å²) in [6.07, 6.45) is 1.85. The Morgan fingerprint density at radius 1 is 0.972 bits per heavy atom. The zero-order chi connectivity index (χ0) is 27.7. The lowest BCUT2D eigenvalue weighted by Crippen LogP contribution is -2.59. The van der Waals surface area contributed by atoms with Gasteiger partial charge in [-0.3, -0.25) is 19.2 Å². The van der Waals surface area contributed by atoms with Crippen LogP contribution in [-0.4, -0.2) is 82.4 Å². The molecule has 0 saturated carbocycles. The molecule has 206 valence electrons. The number of rotatable bonds is 13. The fourth-order valence-electron chi connectivity index (χ4n) is 4.03. The van der Waals surface area contributed by atoms with Gasteiger partial charge in [-0.25, -0.2) is 4.79 Å². The minimum Gasteiger partial charge on any atom is -0.480 e. The van der Waals surface area contributed by atoms with Gasteiger partial charge in [0.25, 0.3) is 0 Å². The average Bonchev–Trinajstić information content (AvgIpc) is 3.29. The second-order valence-electron chi connectivity index (χ2n) is 10.2. The summed E-state index contributed by atoms with van der Waals surface area (Å²) in [5.41, 5.74) is 11.6. The predicted molar refractivity (Wildman–Crippen MR) is 134 cm³/mol. The number of carbonyl (C=O) groups is 5. The summed E-state index contributed by atoms with van der Waals surface area (Å²) in [6, 6.07) is -5.33. The third-order valence-corrected chi connectivity index (χ3v) is 6.56. The molecule has 1 aliphatic heterocycles. The molecule has 0 bridgehead atoms. The van der Waals surface area contributed by atoms with E-state index in [0.29, 0.717) is 25.8 Å². The third-order valence-electron chi connectivity index (χ3n) is 6.56. The van der Waals surface area contributed by atoms with E-state index in [4.69, 9.17) is 11.5 Å². The highest BCUT2D eigenvalue weighted by atomic mass is 16.4. The Kier molecular flexibility index (Phi) is 12.3. The Bertz CT molecular complexity index is 804. The third kappa shape index (κ3) is 8.74. The molecule has 0 aromatic rings. The van der Waals surface area contributed by atoms with Crippen molar-refractivity contribution in [3.8, 4) is 0 Å². The van der Waals surface area contributed by atoms with Crippen LogP contribution in [0.2, 0.25) is 0 Å². The van der Waals surface area contributed by atoms with Gasteiger partial charge < -0.3 is 37.4 Å². The number of aliphatic carboxylic acids is 1. The molecular formula is C24H44N6O6. The lowest BCUT2D eigenvalue weighted by molar-refractivity contribution is -0.143. The summed E-state index contributed by atoms with van der Waals surface area (Å²) in [6.45, 7) is 10.8. The topological polar surface area (TPSA) is 197 Å². The van der Waals surface area contributed by atoms with Gasteiger partial charge in [0.05, 0.1) is 6.04 Å². The fraction of sp³-hybridized carbons (Fsp3) is 0.792. The van der Waals surface area contributed by atoms with E-state index in [-0.39, 0.29) is 18.3 Å². The first kappa shape index (κ1) is 31.3. The van der Waals surface area contributed by atoms with Crippen molar-refractivity contribution in [3.05, 3.63) is 0 Å². The van der Waals surface area contributed by atoms with Crippen molar-refractivity contribution in [1.29, 1.82) is 0 Å². The molecule has 2 unspecified atom stereocenters. The second kappa shape index (κ2) is 14.1. The van der Waals surface area contributed by atoms with Gasteiger partial charge in [0, 0.05) is 12.6 Å². The van der Waals surface area contributed by atoms with Gasteiger partial charge in [-0.1, -0.05) is 34.1 Å². The van der Waals surface area contributed by atoms with Gasteiger partial charge in [-0.2, -0.15) is 0 Å². The molecule has 1 aliphatic rings. The van der Waals surface area contributed by atoms with Gasteiger partial charge in [-0.15, -0.1) is 0 Å². The van der Waals surface area contributed by atoms with E-state index in [2.05, 4.69) is 16.0 Å². The van der Waals surface area contributed by atoms with Crippen molar-refractivity contribution in [3.63, 3.8) is 0 Å². The highest BCUT2D eigenvalue weighted by Gasteiger charge is 2.38. The predicted octanol–water partition coefficient (Wildman–Crippen LogP) is -0.697. The zero-order valence-corrected chi connectivity index (χ0v) is 22.2. The molecule has 0 radical (unpaired) electrons. The monoisotopic (exact) mass is 512 g/mol. The maximum absolute atomic E-state index is 12.9. The maximum atomic E-state index is 12.9. The standard InChI is InChI=1S/C24H44N6O6/c1-7-13(4)19(22(33)28-16(24(35)36)11-12(2)3)29-20(31)15(6)27-21(32)17-9-8-10-30(17)23(34)18(26)14(5)25/h12-19H,7-11,25-26H2,1-6H3,(H,27,32)(H,28,33)(H,29,31)(H,35,36)/t13-,14?,15-,16-,17-,18?,19-/m0/s1. The number of hydrogen-bond acceptors (Lipinski definition) is 7. The van der Waals surface area contributed by atoms with E-state index >= 15 is 0 Å². The minimum absolute atomic E-state index is 0.0444. The first-order valence-corrected chi connectivity index (χ1v) is 12.7. The second-order valence-corrected chi connectivity index (χ2v) is 10.2. The molecule has 0 aliphatic carbocycles. The summed E-state index contributed by atoms with van der Waals surface area (Å²) < 4.78 is 0. The molecule has 8 N–H and O–H groups in total. The molecule has 1 heterocycles. The minimum atomic E-state index is -1.15. The van der Waals surface area contributed by atoms with Gasteiger partial charge in [-0.05, 0) is 44.9 Å². The molecular weight excluding hydrogens is 468 g/mol. The highest BCUT2D eigenvalue weighted by Crippen LogP contribution is 2.19. The van der Waals surface area contributed by atoms with E-state index in [0.717, 1.165) is 0 Å². The average molecular weight is 513 g/mol. The van der Waals surface area contributed by atoms with E-state index in [1.54, 1.807) is 13.8 Å². The summed E-state index contributed by atoms with van der Waals surface area (Å²) in [5.74, 6) is -3.48. The van der Waals surface area contributed by atoms with Crippen LogP contribution in [0.5, 0.6) is 0 Å². The lowest BCUT2D eigenvalue weighted by atomic mass is 9.96. The van der Waals surface area contributed by atoms with E-state index in [1.165, 1.54) is 11.8 Å². The number of carboxylic acid groups (broad SMARTS) is 1. The van der Waals surface area contributed by atoms with Crippen LogP contribution in [0.4, 0.5) is 0 Å². The van der Waals surface area contributed by atoms with Crippen molar-refractivity contribution < 1.29 is 29.1 Å². The number of amides is 4. The van der Waals surface area contributed by atoms with Crippen LogP contribution in [0, 0.1) is 11.8 Å². The molecule has 12 heteroatoms. The van der Waals surface area contributed by atoms with Crippen molar-refractivity contribution in [2.75, 3.05) is 6.54 Å². The van der Waals surface area contributed by atoms with Gasteiger partial charge in [0.2, 0.25) is 23.6 Å². The number of nitrogens with zero attached hydrogens (tertiary/aromatic N) is 1. The Morgan fingerprint density at radius 3 is 2.08 bits per heavy atom. The molecule has 0 spiro atoms. The van der Waals surface area contributed by atoms with Crippen LogP contribution in [0.25, 0.3) is 0 Å². The van der Waals surface area contributed by atoms with E-state index in [9.17, 15) is 29.1 Å². The molecule has 1 fully saturated rings. The number of likely N-dealkylation sites (tertiary alicyclic amines) is 1. The van der Waals surface area contributed by atoms with Crippen LogP contribution in [-0.2, 0) is 24.0 Å². The number of carboxylic acids is 1. The smallest absolute Gasteiger partial charge is 0.326 e. The molecule has 1 saturated heterocycles. The normalized spacial score (nSPS) is 20.6. The Balaban J connectivity index is 2.87. The van der Waals surface area contributed by atoms with Crippen molar-refractivity contribution in [1.82, 2.24) is 20.9 Å². The molecule has 0 aromatic carbocycles. The number of carbonyl (C=O) groups excluding carboxylic acids is 4. The SMILES string of the molecule is CC[C@H](C)[C@H](NC(=O)[C@H](C)NC(=O)[C@@H]1CCCN1C(=O)C(N)C(C)N)C(=O)N[C@@H](CC(C)C)C(=O)O. The van der Waals surface area contributed by atoms with E-state index in [1.807, 2.05) is 20.8 Å². The summed E-state index contributed by atoms with van der Waals surface area (Å²) >= 11 is 0. The summed E-state index contributed by atoms with van der Waals surface area (Å²) in [7, 11) is 0. The van der Waals surface area contributed by atoms with Crippen molar-refractivity contribution >= 4 is 29.6 Å². The summed E-state index contributed by atoms with van der Waals surface area (Å²) in [5, 5.41) is 17.2. The van der Waals surface area contributed by atoms with Crippen LogP contribution in [0.15, 0.2) is 0 Å². The fourth-order valence-corrected chi connectivity index (χ4v) is 4.03. The Hall–Kier alpha value is -2.73. The molecule has 1 rings (SSSR count). The van der Waals surface area contributed by atoms with Crippen molar-refractivity contribution in [2.45, 2.75) is 103 Å². The first-order chi connectivity index (χ1) is 16.7. The lowest BCUT2D eigenvalue weighted by Gasteiger charge is -2.29. The molecule has 36 heavy (non-hydrogen) atoms. The molecule has 12 nitrogen and oxygen atoms in total. The quantitative estimate of drug-likeness (QED) is 0.186. The number of hydrogen-bond donors (Lipinski definition) is 6. The van der Waals surface area contributed by atoms with Gasteiger partial charge in [0.1, 0.15) is 24.2 Å². The Morgan fingerprint density at radius 2 is 1.58 bits per heavy atom. The van der Waals surface area contributed by atoms with Crippen LogP contribution >= 0.6 is 0 Å². The van der Waals surface area contributed by atoms with Crippen LogP contribution in [0.3, 0.4) is 0 Å². The Labute approximate surface area is 213 Å². The zero-order valence-electron chi connectivity index (χ0n) is 22.2. The number of nitrogens with two attached hydrogens (primary N) is 2. The van der Waals surface area contributed by atoms with Crippen LogP contribution in [0.1, 0.15) is 67.2 Å². The van der Waals surface area contributed by atoms with E-state index < -0.39 is 65.8 Å². The van der Waals surface area contributed by atoms with Gasteiger partial charge in [0.15, 0.2) is 0 Å². The van der Waals surface area contributed by atoms with Crippen LogP contribution < -0.4 is 27.4 Å². The molecule has 7 atom stereocenters. The maximum Gasteiger partial charge on any atom is 0.326 e. The molecule has 0 aromatic heterocycles. The number of nitrogens with one attached hydrogen (secondary N) is 3. The first-order valence-electron chi connectivity index (χ1n) is 12.7. The van der Waals surface area contributed by atoms with Gasteiger partial charge >= 0.3 is 5.97 Å². The molecule has 4 amide bonds. The van der Waals surface area contributed by atoms with Crippen molar-refractivity contribution in [2.24, 2.45) is 23.3 Å².